The predicted octanol–water partition coefficient (Wildman–Crippen LogP) is 6.80. The standard InChI is InChI=1S/C44H80N6O7/c1-4-5-6-7-8-9-10-11-12-13-14-15-16-17-18-19-20-24-41(53)49-26-27-56-28-29-57-34-42(54)48-25-22-21-23-36(43(46)55)30-40(52)44(2,3)32-39(51)38(45)31-37-33-47-35-50-37/h33,35-36,38H,4-32,34,45H2,1-3H3,(H2,46,55)(H,47,50)(H,48,54)(H,49,53)/t36-,38+/m1/s1. The Balaban J connectivity index is 1.96. The fraction of sp³-hybridized carbons (Fsp3) is 0.818. The minimum atomic E-state index is -0.990. The van der Waals surface area contributed by atoms with Crippen LogP contribution in [0, 0.1) is 11.3 Å². The van der Waals surface area contributed by atoms with Crippen molar-refractivity contribution in [1.82, 2.24) is 20.6 Å². The van der Waals surface area contributed by atoms with E-state index in [0.717, 1.165) is 18.5 Å². The molecule has 0 fully saturated rings. The third-order valence-corrected chi connectivity index (χ3v) is 10.6. The van der Waals surface area contributed by atoms with Gasteiger partial charge in [0.25, 0.3) is 0 Å². The fourth-order valence-corrected chi connectivity index (χ4v) is 6.80. The monoisotopic (exact) mass is 805 g/mol. The van der Waals surface area contributed by atoms with Gasteiger partial charge in [-0.1, -0.05) is 130 Å². The second-order valence-corrected chi connectivity index (χ2v) is 16.4. The van der Waals surface area contributed by atoms with E-state index in [2.05, 4.69) is 27.5 Å². The maximum Gasteiger partial charge on any atom is 0.245 e. The van der Waals surface area contributed by atoms with E-state index in [4.69, 9.17) is 20.9 Å². The number of Topliss-reactive ketones (excluding diaryl/α,β-unsaturated/α-hetero) is 2. The van der Waals surface area contributed by atoms with Crippen molar-refractivity contribution in [1.29, 1.82) is 0 Å². The Morgan fingerprint density at radius 3 is 1.86 bits per heavy atom. The zero-order valence-corrected chi connectivity index (χ0v) is 36.0. The number of nitrogens with zero attached hydrogens (tertiary/aromatic N) is 1. The topological polar surface area (TPSA) is 209 Å². The zero-order chi connectivity index (χ0) is 42.0. The highest BCUT2D eigenvalue weighted by Gasteiger charge is 2.34. The number of unbranched alkanes of at least 4 members (excludes halogenated alkanes) is 17. The van der Waals surface area contributed by atoms with Gasteiger partial charge in [-0.15, -0.1) is 0 Å². The van der Waals surface area contributed by atoms with E-state index < -0.39 is 23.3 Å². The summed E-state index contributed by atoms with van der Waals surface area (Å²) < 4.78 is 10.9. The van der Waals surface area contributed by atoms with Crippen molar-refractivity contribution < 1.29 is 33.4 Å². The van der Waals surface area contributed by atoms with E-state index >= 15 is 0 Å². The lowest BCUT2D eigenvalue weighted by Crippen LogP contribution is -2.39. The Labute approximate surface area is 344 Å². The Bertz CT molecular complexity index is 1210. The minimum absolute atomic E-state index is 0.0370. The maximum absolute atomic E-state index is 13.1. The number of nitrogens with two attached hydrogens (primary N) is 2. The Kier molecular flexibility index (Phi) is 30.7. The third-order valence-electron chi connectivity index (χ3n) is 10.6. The highest BCUT2D eigenvalue weighted by atomic mass is 16.5. The summed E-state index contributed by atoms with van der Waals surface area (Å²) in [5.41, 5.74) is 11.4. The second-order valence-electron chi connectivity index (χ2n) is 16.4. The van der Waals surface area contributed by atoms with Gasteiger partial charge in [-0.25, -0.2) is 4.98 Å². The average Bonchev–Trinajstić information content (AvgIpc) is 3.69. The Hall–Kier alpha value is -3.16. The molecule has 0 aliphatic carbocycles. The van der Waals surface area contributed by atoms with Gasteiger partial charge in [0.15, 0.2) is 5.78 Å². The molecular formula is C44H80N6O7. The number of H-pyrrole nitrogens is 1. The number of carbonyl (C=O) groups is 5. The number of ketones is 2. The lowest BCUT2D eigenvalue weighted by atomic mass is 9.77. The van der Waals surface area contributed by atoms with Crippen molar-refractivity contribution in [3.63, 3.8) is 0 Å². The predicted molar refractivity (Wildman–Crippen MR) is 226 cm³/mol. The number of amides is 3. The van der Waals surface area contributed by atoms with Crippen LogP contribution in [0.5, 0.6) is 0 Å². The second kappa shape index (κ2) is 33.8. The van der Waals surface area contributed by atoms with Gasteiger partial charge in [-0.05, 0) is 19.3 Å². The molecule has 3 amide bonds. The summed E-state index contributed by atoms with van der Waals surface area (Å²) in [6.45, 7) is 7.33. The number of rotatable bonds is 40. The number of aromatic amines is 1. The van der Waals surface area contributed by atoms with Gasteiger partial charge in [0, 0.05) is 62.0 Å². The third kappa shape index (κ3) is 28.8. The van der Waals surface area contributed by atoms with Crippen LogP contribution < -0.4 is 22.1 Å². The van der Waals surface area contributed by atoms with Crippen LogP contribution in [0.3, 0.4) is 0 Å². The molecule has 1 heterocycles. The Morgan fingerprint density at radius 1 is 0.737 bits per heavy atom. The quantitative estimate of drug-likeness (QED) is 0.0441. The fourth-order valence-electron chi connectivity index (χ4n) is 6.80. The van der Waals surface area contributed by atoms with Crippen LogP contribution >= 0.6 is 0 Å². The molecule has 0 bridgehead atoms. The molecule has 0 saturated heterocycles. The first-order valence-corrected chi connectivity index (χ1v) is 22.2. The molecule has 0 aromatic carbocycles. The number of nitrogens with one attached hydrogen (secondary N) is 3. The van der Waals surface area contributed by atoms with E-state index in [1.807, 2.05) is 0 Å². The summed E-state index contributed by atoms with van der Waals surface area (Å²) in [6, 6.07) is -0.767. The molecule has 0 radical (unpaired) electrons. The first kappa shape index (κ1) is 51.9. The number of hydrogen-bond acceptors (Lipinski definition) is 9. The van der Waals surface area contributed by atoms with E-state index in [0.29, 0.717) is 58.4 Å². The molecule has 1 aromatic heterocycles. The van der Waals surface area contributed by atoms with Crippen molar-refractivity contribution in [3.8, 4) is 0 Å². The molecule has 13 heteroatoms. The van der Waals surface area contributed by atoms with Gasteiger partial charge in [0.2, 0.25) is 17.7 Å². The average molecular weight is 805 g/mol. The minimum Gasteiger partial charge on any atom is -0.377 e. The highest BCUT2D eigenvalue weighted by molar-refractivity contribution is 5.94. The molecule has 328 valence electrons. The van der Waals surface area contributed by atoms with E-state index in [-0.39, 0.29) is 49.4 Å². The van der Waals surface area contributed by atoms with Crippen LogP contribution in [0.1, 0.15) is 174 Å². The number of hydrogen-bond donors (Lipinski definition) is 5. The summed E-state index contributed by atoms with van der Waals surface area (Å²) in [5, 5.41) is 5.68. The van der Waals surface area contributed by atoms with Crippen LogP contribution in [0.15, 0.2) is 12.5 Å². The van der Waals surface area contributed by atoms with Crippen LogP contribution in [-0.2, 0) is 39.9 Å². The van der Waals surface area contributed by atoms with Crippen molar-refractivity contribution in [2.24, 2.45) is 22.8 Å². The van der Waals surface area contributed by atoms with Crippen LogP contribution in [-0.4, -0.2) is 84.8 Å². The van der Waals surface area contributed by atoms with Crippen molar-refractivity contribution in [3.05, 3.63) is 18.2 Å². The van der Waals surface area contributed by atoms with Gasteiger partial charge in [-0.2, -0.15) is 0 Å². The van der Waals surface area contributed by atoms with Crippen molar-refractivity contribution >= 4 is 29.3 Å². The van der Waals surface area contributed by atoms with Gasteiger partial charge in [0.1, 0.15) is 12.4 Å². The summed E-state index contributed by atoms with van der Waals surface area (Å²) in [7, 11) is 0. The first-order chi connectivity index (χ1) is 27.5. The largest absolute Gasteiger partial charge is 0.377 e. The molecule has 0 aliphatic heterocycles. The zero-order valence-electron chi connectivity index (χ0n) is 36.0. The normalized spacial score (nSPS) is 12.6. The summed E-state index contributed by atoms with van der Waals surface area (Å²) in [4.78, 5) is 68.9. The van der Waals surface area contributed by atoms with Gasteiger partial charge >= 0.3 is 0 Å². The molecule has 0 spiro atoms. The summed E-state index contributed by atoms with van der Waals surface area (Å²) >= 11 is 0. The van der Waals surface area contributed by atoms with Crippen molar-refractivity contribution in [2.45, 2.75) is 181 Å². The molecule has 1 aromatic rings. The molecule has 0 aliphatic rings. The SMILES string of the molecule is CCCCCCCCCCCCCCCCCCCC(=O)NCCOCCOCC(=O)NCCCC[C@H](CC(=O)C(C)(C)CC(=O)[C@@H](N)Cc1cnc[nH]1)C(N)=O. The number of ether oxygens (including phenoxy) is 2. The van der Waals surface area contributed by atoms with Gasteiger partial charge < -0.3 is 36.6 Å². The van der Waals surface area contributed by atoms with Gasteiger partial charge in [0.05, 0.1) is 32.2 Å². The molecule has 7 N–H and O–H groups in total. The molecule has 57 heavy (non-hydrogen) atoms. The number of aromatic nitrogens is 2. The van der Waals surface area contributed by atoms with E-state index in [1.54, 1.807) is 20.0 Å². The van der Waals surface area contributed by atoms with Crippen molar-refractivity contribution in [2.75, 3.05) is 39.5 Å². The lowest BCUT2D eigenvalue weighted by molar-refractivity contribution is -0.135. The number of imidazole rings is 1. The molecule has 2 atom stereocenters. The summed E-state index contributed by atoms with van der Waals surface area (Å²) in [6.07, 6.45) is 27.9. The van der Waals surface area contributed by atoms with Crippen LogP contribution in [0.4, 0.5) is 0 Å². The molecule has 1 rings (SSSR count). The van der Waals surface area contributed by atoms with Gasteiger partial charge in [-0.3, -0.25) is 24.0 Å². The highest BCUT2D eigenvalue weighted by Crippen LogP contribution is 2.28. The Morgan fingerprint density at radius 2 is 1.30 bits per heavy atom. The lowest BCUT2D eigenvalue weighted by Gasteiger charge is -2.25. The number of primary amides is 1. The van der Waals surface area contributed by atoms with Crippen LogP contribution in [0.2, 0.25) is 0 Å². The molecule has 13 nitrogen and oxygen atoms in total. The van der Waals surface area contributed by atoms with E-state index in [9.17, 15) is 24.0 Å². The molecule has 0 unspecified atom stereocenters. The smallest absolute Gasteiger partial charge is 0.245 e. The molecular weight excluding hydrogens is 725 g/mol. The van der Waals surface area contributed by atoms with E-state index in [1.165, 1.54) is 103 Å². The molecule has 0 saturated carbocycles. The first-order valence-electron chi connectivity index (χ1n) is 22.2. The maximum atomic E-state index is 13.1. The number of carbonyl (C=O) groups excluding carboxylic acids is 5. The summed E-state index contributed by atoms with van der Waals surface area (Å²) in [5.74, 6) is -1.89. The van der Waals surface area contributed by atoms with Crippen LogP contribution in [0.25, 0.3) is 0 Å².